The molecule has 0 radical (unpaired) electrons. The number of hydrogen-bond acceptors (Lipinski definition) is 2. The van der Waals surface area contributed by atoms with E-state index in [0.29, 0.717) is 6.61 Å². The second-order valence-corrected chi connectivity index (χ2v) is 8.78. The summed E-state index contributed by atoms with van der Waals surface area (Å²) in [5.41, 5.74) is 0. The molecule has 0 fully saturated rings. The molecule has 2 unspecified atom stereocenters. The van der Waals surface area contributed by atoms with Crippen LogP contribution in [0.1, 0.15) is 137 Å². The van der Waals surface area contributed by atoms with Crippen molar-refractivity contribution in [1.82, 2.24) is 0 Å². The van der Waals surface area contributed by atoms with Crippen molar-refractivity contribution >= 4 is 5.97 Å². The van der Waals surface area contributed by atoms with Crippen LogP contribution in [-0.4, -0.2) is 12.6 Å². The second-order valence-electron chi connectivity index (χ2n) is 8.78. The summed E-state index contributed by atoms with van der Waals surface area (Å²) in [6.45, 7) is 9.48. The van der Waals surface area contributed by atoms with E-state index in [1.807, 2.05) is 6.92 Å². The first kappa shape index (κ1) is 26.5. The van der Waals surface area contributed by atoms with Gasteiger partial charge in [0.2, 0.25) is 0 Å². The molecule has 0 aliphatic heterocycles. The Kier molecular flexibility index (Phi) is 19.8. The Labute approximate surface area is 171 Å². The van der Waals surface area contributed by atoms with Gasteiger partial charge in [-0.05, 0) is 18.8 Å². The second kappa shape index (κ2) is 20.2. The molecule has 2 atom stereocenters. The van der Waals surface area contributed by atoms with Crippen LogP contribution in [0.2, 0.25) is 0 Å². The molecule has 0 amide bonds. The quantitative estimate of drug-likeness (QED) is 0.156. The van der Waals surface area contributed by atoms with Crippen LogP contribution in [0.5, 0.6) is 0 Å². The van der Waals surface area contributed by atoms with Gasteiger partial charge in [-0.25, -0.2) is 0 Å². The zero-order valence-corrected chi connectivity index (χ0v) is 19.2. The zero-order valence-electron chi connectivity index (χ0n) is 19.2. The number of esters is 1. The van der Waals surface area contributed by atoms with Gasteiger partial charge in [-0.1, -0.05) is 124 Å². The summed E-state index contributed by atoms with van der Waals surface area (Å²) in [5, 5.41) is 0. The van der Waals surface area contributed by atoms with Gasteiger partial charge in [0.15, 0.2) is 0 Å². The van der Waals surface area contributed by atoms with Gasteiger partial charge in [0, 0.05) is 0 Å². The molecule has 0 aliphatic rings. The van der Waals surface area contributed by atoms with Crippen LogP contribution in [0.25, 0.3) is 0 Å². The highest BCUT2D eigenvalue weighted by Crippen LogP contribution is 2.17. The molecular weight excluding hydrogens is 332 g/mol. The molecule has 0 aliphatic carbocycles. The van der Waals surface area contributed by atoms with Crippen molar-refractivity contribution in [2.45, 2.75) is 137 Å². The lowest BCUT2D eigenvalue weighted by atomic mass is 9.96. The van der Waals surface area contributed by atoms with Crippen molar-refractivity contribution in [2.24, 2.45) is 11.8 Å². The van der Waals surface area contributed by atoms with Gasteiger partial charge in [0.05, 0.1) is 12.5 Å². The summed E-state index contributed by atoms with van der Waals surface area (Å²) < 4.78 is 5.46. The molecule has 162 valence electrons. The lowest BCUT2D eigenvalue weighted by molar-refractivity contribution is -0.148. The van der Waals surface area contributed by atoms with Crippen molar-refractivity contribution in [2.75, 3.05) is 6.61 Å². The van der Waals surface area contributed by atoms with Gasteiger partial charge >= 0.3 is 5.97 Å². The lowest BCUT2D eigenvalue weighted by Gasteiger charge is -2.13. The van der Waals surface area contributed by atoms with Crippen LogP contribution in [0.3, 0.4) is 0 Å². The average Bonchev–Trinajstić information content (AvgIpc) is 2.65. The maximum Gasteiger partial charge on any atom is 0.308 e. The van der Waals surface area contributed by atoms with Crippen molar-refractivity contribution in [3.63, 3.8) is 0 Å². The molecule has 0 aromatic rings. The molecular formula is C25H50O2. The summed E-state index contributed by atoms with van der Waals surface area (Å²) in [6, 6.07) is 0. The monoisotopic (exact) mass is 382 g/mol. The number of carbonyl (C=O) groups excluding carboxylic acids is 1. The number of ether oxygens (including phenoxy) is 1. The number of rotatable bonds is 20. The minimum atomic E-state index is 0.0150. The summed E-state index contributed by atoms with van der Waals surface area (Å²) in [5.74, 6) is 0.872. The largest absolute Gasteiger partial charge is 0.465 e. The molecule has 0 aromatic carbocycles. The Morgan fingerprint density at radius 3 is 1.67 bits per heavy atom. The van der Waals surface area contributed by atoms with Gasteiger partial charge in [0.25, 0.3) is 0 Å². The Morgan fingerprint density at radius 2 is 1.15 bits per heavy atom. The SMILES string of the molecule is CCCCCCCCCCCCCCOC(=O)C(C)CCCC(C)CCC. The maximum absolute atomic E-state index is 12.0. The fourth-order valence-electron chi connectivity index (χ4n) is 3.79. The van der Waals surface area contributed by atoms with E-state index < -0.39 is 0 Å². The van der Waals surface area contributed by atoms with E-state index in [-0.39, 0.29) is 11.9 Å². The standard InChI is InChI=1S/C25H50O2/c1-5-7-8-9-10-11-12-13-14-15-16-17-22-27-25(26)24(4)21-18-20-23(3)19-6-2/h23-24H,5-22H2,1-4H3. The van der Waals surface area contributed by atoms with Gasteiger partial charge < -0.3 is 4.74 Å². The van der Waals surface area contributed by atoms with E-state index in [0.717, 1.165) is 25.2 Å². The number of carbonyl (C=O) groups is 1. The van der Waals surface area contributed by atoms with Crippen molar-refractivity contribution in [1.29, 1.82) is 0 Å². The van der Waals surface area contributed by atoms with E-state index in [2.05, 4.69) is 20.8 Å². The zero-order chi connectivity index (χ0) is 20.2. The molecule has 0 spiro atoms. The minimum Gasteiger partial charge on any atom is -0.465 e. The molecule has 0 bridgehead atoms. The van der Waals surface area contributed by atoms with Crippen molar-refractivity contribution in [3.05, 3.63) is 0 Å². The van der Waals surface area contributed by atoms with Crippen LogP contribution < -0.4 is 0 Å². The summed E-state index contributed by atoms with van der Waals surface area (Å²) in [6.07, 6.45) is 22.0. The highest BCUT2D eigenvalue weighted by Gasteiger charge is 2.14. The van der Waals surface area contributed by atoms with Gasteiger partial charge in [0.1, 0.15) is 0 Å². The Hall–Kier alpha value is -0.530. The molecule has 0 aromatic heterocycles. The van der Waals surface area contributed by atoms with Gasteiger partial charge in [-0.2, -0.15) is 0 Å². The first-order valence-corrected chi connectivity index (χ1v) is 12.3. The average molecular weight is 383 g/mol. The predicted octanol–water partition coefficient (Wildman–Crippen LogP) is 8.47. The van der Waals surface area contributed by atoms with E-state index >= 15 is 0 Å². The van der Waals surface area contributed by atoms with Crippen LogP contribution in [0.15, 0.2) is 0 Å². The van der Waals surface area contributed by atoms with E-state index in [9.17, 15) is 4.79 Å². The van der Waals surface area contributed by atoms with Gasteiger partial charge in [-0.15, -0.1) is 0 Å². The summed E-state index contributed by atoms with van der Waals surface area (Å²) in [4.78, 5) is 12.0. The fourth-order valence-corrected chi connectivity index (χ4v) is 3.79. The summed E-state index contributed by atoms with van der Waals surface area (Å²) >= 11 is 0. The molecule has 0 heterocycles. The highest BCUT2D eigenvalue weighted by molar-refractivity contribution is 5.71. The molecule has 0 N–H and O–H groups in total. The maximum atomic E-state index is 12.0. The smallest absolute Gasteiger partial charge is 0.308 e. The summed E-state index contributed by atoms with van der Waals surface area (Å²) in [7, 11) is 0. The van der Waals surface area contributed by atoms with E-state index in [4.69, 9.17) is 4.74 Å². The van der Waals surface area contributed by atoms with E-state index in [1.54, 1.807) is 0 Å². The molecule has 0 saturated heterocycles. The highest BCUT2D eigenvalue weighted by atomic mass is 16.5. The van der Waals surface area contributed by atoms with Crippen LogP contribution in [0, 0.1) is 11.8 Å². The van der Waals surface area contributed by atoms with E-state index in [1.165, 1.54) is 89.9 Å². The third-order valence-corrected chi connectivity index (χ3v) is 5.76. The Morgan fingerprint density at radius 1 is 0.630 bits per heavy atom. The molecule has 27 heavy (non-hydrogen) atoms. The molecule has 0 saturated carbocycles. The molecule has 0 rings (SSSR count). The number of hydrogen-bond donors (Lipinski definition) is 0. The normalized spacial score (nSPS) is 13.5. The van der Waals surface area contributed by atoms with Crippen LogP contribution >= 0.6 is 0 Å². The fraction of sp³-hybridized carbons (Fsp3) is 0.960. The van der Waals surface area contributed by atoms with Crippen LogP contribution in [0.4, 0.5) is 0 Å². The third-order valence-electron chi connectivity index (χ3n) is 5.76. The minimum absolute atomic E-state index is 0.0150. The van der Waals surface area contributed by atoms with Crippen LogP contribution in [-0.2, 0) is 9.53 Å². The number of unbranched alkanes of at least 4 members (excludes halogenated alkanes) is 11. The van der Waals surface area contributed by atoms with Crippen molar-refractivity contribution in [3.8, 4) is 0 Å². The molecule has 2 nitrogen and oxygen atoms in total. The lowest BCUT2D eigenvalue weighted by Crippen LogP contribution is -2.15. The van der Waals surface area contributed by atoms with Crippen molar-refractivity contribution < 1.29 is 9.53 Å². The third kappa shape index (κ3) is 18.6. The first-order valence-electron chi connectivity index (χ1n) is 12.3. The topological polar surface area (TPSA) is 26.3 Å². The Balaban J connectivity index is 3.35. The predicted molar refractivity (Wildman–Crippen MR) is 119 cm³/mol. The molecule has 2 heteroatoms. The first-order chi connectivity index (χ1) is 13.1. The Bertz CT molecular complexity index is 313. The van der Waals surface area contributed by atoms with Gasteiger partial charge in [-0.3, -0.25) is 4.79 Å².